The Morgan fingerprint density at radius 2 is 2.24 bits per heavy atom. The van der Waals surface area contributed by atoms with E-state index >= 15 is 0 Å². The zero-order chi connectivity index (χ0) is 12.7. The van der Waals surface area contributed by atoms with Gasteiger partial charge >= 0.3 is 5.97 Å². The van der Waals surface area contributed by atoms with Crippen molar-refractivity contribution in [2.45, 2.75) is 37.8 Å². The number of hydrogen-bond acceptors (Lipinski definition) is 4. The van der Waals surface area contributed by atoms with E-state index in [1.807, 2.05) is 7.05 Å². The molecule has 100 valence electrons. The maximum atomic E-state index is 11.0. The second-order valence-corrected chi connectivity index (χ2v) is 4.77. The quantitative estimate of drug-likeness (QED) is 0.550. The summed E-state index contributed by atoms with van der Waals surface area (Å²) in [5.41, 5.74) is 0. The Kier molecular flexibility index (Phi) is 6.47. The molecule has 0 amide bonds. The van der Waals surface area contributed by atoms with E-state index in [-0.39, 0.29) is 0 Å². The summed E-state index contributed by atoms with van der Waals surface area (Å²) in [6.07, 6.45) is 3.89. The number of hydrogen-bond donors (Lipinski definition) is 2. The first-order valence-electron chi connectivity index (χ1n) is 6.30. The van der Waals surface area contributed by atoms with Gasteiger partial charge < -0.3 is 20.1 Å². The van der Waals surface area contributed by atoms with Crippen molar-refractivity contribution in [1.82, 2.24) is 10.2 Å². The van der Waals surface area contributed by atoms with Crippen LogP contribution in [0.4, 0.5) is 0 Å². The van der Waals surface area contributed by atoms with Crippen molar-refractivity contribution in [3.8, 4) is 0 Å². The Hall–Kier alpha value is -0.650. The van der Waals surface area contributed by atoms with Crippen molar-refractivity contribution < 1.29 is 14.6 Å². The first kappa shape index (κ1) is 14.4. The molecule has 0 aromatic carbocycles. The number of nitrogens with one attached hydrogen (secondary N) is 1. The lowest BCUT2D eigenvalue weighted by molar-refractivity contribution is -0.139. The highest BCUT2D eigenvalue weighted by molar-refractivity contribution is 5.73. The SMILES string of the molecule is COCCCN(C)CCC(NC1CC1)C(=O)O. The van der Waals surface area contributed by atoms with E-state index in [0.29, 0.717) is 12.5 Å². The molecule has 0 aromatic rings. The minimum Gasteiger partial charge on any atom is -0.480 e. The molecule has 0 heterocycles. The number of nitrogens with zero attached hydrogens (tertiary/aromatic N) is 1. The molecule has 0 radical (unpaired) electrons. The molecule has 0 aromatic heterocycles. The van der Waals surface area contributed by atoms with E-state index in [9.17, 15) is 4.79 Å². The molecule has 2 N–H and O–H groups in total. The van der Waals surface area contributed by atoms with Crippen LogP contribution in [0.5, 0.6) is 0 Å². The lowest BCUT2D eigenvalue weighted by atomic mass is 10.2. The zero-order valence-electron chi connectivity index (χ0n) is 10.8. The van der Waals surface area contributed by atoms with Crippen LogP contribution in [0.2, 0.25) is 0 Å². The first-order chi connectivity index (χ1) is 8.13. The zero-order valence-corrected chi connectivity index (χ0v) is 10.8. The van der Waals surface area contributed by atoms with Gasteiger partial charge in [0.15, 0.2) is 0 Å². The van der Waals surface area contributed by atoms with Crippen molar-refractivity contribution in [3.63, 3.8) is 0 Å². The van der Waals surface area contributed by atoms with Gasteiger partial charge in [-0.2, -0.15) is 0 Å². The second kappa shape index (κ2) is 7.63. The molecular weight excluding hydrogens is 220 g/mol. The second-order valence-electron chi connectivity index (χ2n) is 4.77. The van der Waals surface area contributed by atoms with Crippen LogP contribution in [0, 0.1) is 0 Å². The van der Waals surface area contributed by atoms with E-state index in [0.717, 1.165) is 39.0 Å². The maximum absolute atomic E-state index is 11.0. The molecule has 0 aliphatic heterocycles. The molecule has 5 heteroatoms. The summed E-state index contributed by atoms with van der Waals surface area (Å²) in [5.74, 6) is -0.734. The number of carbonyl (C=O) groups is 1. The van der Waals surface area contributed by atoms with Crippen LogP contribution >= 0.6 is 0 Å². The summed E-state index contributed by atoms with van der Waals surface area (Å²) < 4.78 is 4.98. The maximum Gasteiger partial charge on any atom is 0.320 e. The van der Waals surface area contributed by atoms with Gasteiger partial charge in [0.05, 0.1) is 0 Å². The van der Waals surface area contributed by atoms with Crippen LogP contribution in [0.25, 0.3) is 0 Å². The molecule has 1 atom stereocenters. The summed E-state index contributed by atoms with van der Waals surface area (Å²) in [5, 5.41) is 12.2. The molecular formula is C12H24N2O3. The van der Waals surface area contributed by atoms with Crippen LogP contribution in [0.3, 0.4) is 0 Å². The Morgan fingerprint density at radius 3 is 2.76 bits per heavy atom. The van der Waals surface area contributed by atoms with Crippen LogP contribution < -0.4 is 5.32 Å². The van der Waals surface area contributed by atoms with Crippen LogP contribution in [0.15, 0.2) is 0 Å². The van der Waals surface area contributed by atoms with Gasteiger partial charge in [-0.1, -0.05) is 0 Å². The molecule has 1 fully saturated rings. The van der Waals surface area contributed by atoms with Crippen molar-refractivity contribution in [1.29, 1.82) is 0 Å². The van der Waals surface area contributed by atoms with E-state index in [2.05, 4.69) is 10.2 Å². The Bertz CT molecular complexity index is 232. The molecule has 0 bridgehead atoms. The molecule has 0 spiro atoms. The Labute approximate surface area is 103 Å². The topological polar surface area (TPSA) is 61.8 Å². The highest BCUT2D eigenvalue weighted by atomic mass is 16.5. The Morgan fingerprint density at radius 1 is 1.53 bits per heavy atom. The van der Waals surface area contributed by atoms with Crippen molar-refractivity contribution in [2.75, 3.05) is 33.9 Å². The minimum atomic E-state index is -0.734. The third kappa shape index (κ3) is 6.61. The van der Waals surface area contributed by atoms with Crippen LogP contribution in [-0.4, -0.2) is 61.9 Å². The lowest BCUT2D eigenvalue weighted by Gasteiger charge is -2.20. The highest BCUT2D eigenvalue weighted by Crippen LogP contribution is 2.20. The van der Waals surface area contributed by atoms with Crippen molar-refractivity contribution in [2.24, 2.45) is 0 Å². The fraction of sp³-hybridized carbons (Fsp3) is 0.917. The van der Waals surface area contributed by atoms with Gasteiger partial charge in [-0.25, -0.2) is 0 Å². The number of rotatable bonds is 10. The molecule has 1 aliphatic rings. The summed E-state index contributed by atoms with van der Waals surface area (Å²) in [7, 11) is 3.71. The minimum absolute atomic E-state index is 0.396. The standard InChI is InChI=1S/C12H24N2O3/c1-14(7-3-9-17-2)8-6-11(12(15)16)13-10-4-5-10/h10-11,13H,3-9H2,1-2H3,(H,15,16). The van der Waals surface area contributed by atoms with E-state index < -0.39 is 12.0 Å². The van der Waals surface area contributed by atoms with E-state index in [1.165, 1.54) is 0 Å². The van der Waals surface area contributed by atoms with Crippen molar-refractivity contribution >= 4 is 5.97 Å². The predicted molar refractivity (Wildman–Crippen MR) is 66.2 cm³/mol. The van der Waals surface area contributed by atoms with Gasteiger partial charge in [0.1, 0.15) is 6.04 Å². The number of carboxylic acid groups (broad SMARTS) is 1. The lowest BCUT2D eigenvalue weighted by Crippen LogP contribution is -2.40. The van der Waals surface area contributed by atoms with Crippen molar-refractivity contribution in [3.05, 3.63) is 0 Å². The van der Waals surface area contributed by atoms with Gasteiger partial charge in [-0.15, -0.1) is 0 Å². The average Bonchev–Trinajstić information content (AvgIpc) is 3.08. The summed E-state index contributed by atoms with van der Waals surface area (Å²) in [4.78, 5) is 13.2. The molecule has 5 nitrogen and oxygen atoms in total. The third-order valence-electron chi connectivity index (χ3n) is 3.00. The van der Waals surface area contributed by atoms with Crippen LogP contribution in [0.1, 0.15) is 25.7 Å². The van der Waals surface area contributed by atoms with Gasteiger partial charge in [0.2, 0.25) is 0 Å². The monoisotopic (exact) mass is 244 g/mol. The molecule has 1 unspecified atom stereocenters. The normalized spacial score (nSPS) is 17.4. The smallest absolute Gasteiger partial charge is 0.320 e. The largest absolute Gasteiger partial charge is 0.480 e. The van der Waals surface area contributed by atoms with Gasteiger partial charge in [-0.3, -0.25) is 4.79 Å². The van der Waals surface area contributed by atoms with Crippen LogP contribution in [-0.2, 0) is 9.53 Å². The summed E-state index contributed by atoms with van der Waals surface area (Å²) in [6.45, 7) is 2.51. The van der Waals surface area contributed by atoms with E-state index in [1.54, 1.807) is 7.11 Å². The molecule has 1 saturated carbocycles. The fourth-order valence-corrected chi connectivity index (χ4v) is 1.75. The van der Waals surface area contributed by atoms with Gasteiger partial charge in [0, 0.05) is 26.3 Å². The van der Waals surface area contributed by atoms with Gasteiger partial charge in [-0.05, 0) is 39.3 Å². The summed E-state index contributed by atoms with van der Waals surface area (Å²) in [6, 6.07) is 0.0438. The number of methoxy groups -OCH3 is 1. The van der Waals surface area contributed by atoms with E-state index in [4.69, 9.17) is 9.84 Å². The number of carboxylic acids is 1. The molecule has 17 heavy (non-hydrogen) atoms. The highest BCUT2D eigenvalue weighted by Gasteiger charge is 2.27. The first-order valence-corrected chi connectivity index (χ1v) is 6.30. The fourth-order valence-electron chi connectivity index (χ4n) is 1.75. The molecule has 0 saturated heterocycles. The number of aliphatic carboxylic acids is 1. The predicted octanol–water partition coefficient (Wildman–Crippen LogP) is 0.550. The Balaban J connectivity index is 2.13. The summed E-state index contributed by atoms with van der Waals surface area (Å²) >= 11 is 0. The average molecular weight is 244 g/mol. The van der Waals surface area contributed by atoms with Gasteiger partial charge in [0.25, 0.3) is 0 Å². The third-order valence-corrected chi connectivity index (χ3v) is 3.00. The molecule has 1 aliphatic carbocycles. The molecule has 1 rings (SSSR count). The number of ether oxygens (including phenoxy) is 1.